The number of pyridine rings is 1. The Morgan fingerprint density at radius 1 is 1.28 bits per heavy atom. The molecule has 1 aliphatic rings. The molecule has 2 aromatic rings. The largest absolute Gasteiger partial charge is 0.337 e. The summed E-state index contributed by atoms with van der Waals surface area (Å²) in [6.45, 7) is 0.952. The van der Waals surface area contributed by atoms with E-state index in [1.807, 2.05) is 12.1 Å². The average Bonchev–Trinajstić information content (AvgIpc) is 3.11. The molecule has 0 saturated heterocycles. The molecule has 0 N–H and O–H groups in total. The van der Waals surface area contributed by atoms with Gasteiger partial charge in [0.15, 0.2) is 0 Å². The van der Waals surface area contributed by atoms with E-state index in [1.165, 1.54) is 24.0 Å². The summed E-state index contributed by atoms with van der Waals surface area (Å²) in [5, 5.41) is 8.85. The minimum Gasteiger partial charge on any atom is -0.337 e. The van der Waals surface area contributed by atoms with E-state index in [0.717, 1.165) is 16.9 Å². The molecule has 1 amide bonds. The predicted octanol–water partition coefficient (Wildman–Crippen LogP) is 3.60. The van der Waals surface area contributed by atoms with Crippen LogP contribution in [0.15, 0.2) is 47.6 Å². The number of fused-ring (bicyclic) bond motifs is 1. The van der Waals surface area contributed by atoms with Gasteiger partial charge in [0.1, 0.15) is 0 Å². The number of aromatic nitrogens is 1. The van der Waals surface area contributed by atoms with E-state index in [-0.39, 0.29) is 5.91 Å². The lowest BCUT2D eigenvalue weighted by atomic mass is 10.1. The standard InChI is InChI=1S/C20H21N3OS/c21-9-3-11-23(14-16-4-2-10-22-13-16)20(24)15-25-19-8-7-17-5-1-6-18(17)12-19/h2,4,7-8,10,12-13H,1,3,5-6,11,14-15H2. The van der Waals surface area contributed by atoms with Gasteiger partial charge in [-0.05, 0) is 54.2 Å². The lowest BCUT2D eigenvalue weighted by molar-refractivity contribution is -0.128. The van der Waals surface area contributed by atoms with Gasteiger partial charge in [0.05, 0.1) is 18.2 Å². The Bertz CT molecular complexity index is 770. The molecule has 0 spiro atoms. The van der Waals surface area contributed by atoms with Crippen molar-refractivity contribution in [1.82, 2.24) is 9.88 Å². The third-order valence-electron chi connectivity index (χ3n) is 4.37. The first-order valence-corrected chi connectivity index (χ1v) is 9.53. The molecule has 25 heavy (non-hydrogen) atoms. The minimum absolute atomic E-state index is 0.0598. The zero-order valence-electron chi connectivity index (χ0n) is 14.1. The summed E-state index contributed by atoms with van der Waals surface area (Å²) in [5.41, 5.74) is 3.85. The van der Waals surface area contributed by atoms with Crippen molar-refractivity contribution in [3.63, 3.8) is 0 Å². The number of nitrogens with zero attached hydrogens (tertiary/aromatic N) is 3. The minimum atomic E-state index is 0.0598. The van der Waals surface area contributed by atoms with E-state index in [0.29, 0.717) is 25.3 Å². The maximum atomic E-state index is 12.6. The van der Waals surface area contributed by atoms with Crippen LogP contribution >= 0.6 is 11.8 Å². The van der Waals surface area contributed by atoms with Gasteiger partial charge in [0, 0.05) is 30.4 Å². The molecule has 0 aliphatic heterocycles. The molecular formula is C20H21N3OS. The molecule has 0 fully saturated rings. The van der Waals surface area contributed by atoms with E-state index in [2.05, 4.69) is 29.3 Å². The van der Waals surface area contributed by atoms with Crippen molar-refractivity contribution in [3.05, 3.63) is 59.4 Å². The highest BCUT2D eigenvalue weighted by Gasteiger charge is 2.16. The summed E-state index contributed by atoms with van der Waals surface area (Å²) in [7, 11) is 0. The topological polar surface area (TPSA) is 57.0 Å². The van der Waals surface area contributed by atoms with E-state index in [1.54, 1.807) is 29.1 Å². The Kier molecular flexibility index (Phi) is 6.08. The second kappa shape index (κ2) is 8.68. The van der Waals surface area contributed by atoms with Crippen LogP contribution in [-0.2, 0) is 24.2 Å². The molecule has 0 saturated carbocycles. The molecule has 0 unspecified atom stereocenters. The van der Waals surface area contributed by atoms with Crippen LogP contribution < -0.4 is 0 Å². The van der Waals surface area contributed by atoms with E-state index in [4.69, 9.17) is 5.26 Å². The van der Waals surface area contributed by atoms with Gasteiger partial charge in [-0.15, -0.1) is 11.8 Å². The fourth-order valence-electron chi connectivity index (χ4n) is 3.06. The van der Waals surface area contributed by atoms with Crippen LogP contribution in [-0.4, -0.2) is 28.1 Å². The molecule has 1 heterocycles. The van der Waals surface area contributed by atoms with Crippen molar-refractivity contribution in [2.75, 3.05) is 12.3 Å². The third-order valence-corrected chi connectivity index (χ3v) is 5.35. The number of hydrogen-bond donors (Lipinski definition) is 0. The van der Waals surface area contributed by atoms with Gasteiger partial charge < -0.3 is 4.90 Å². The third kappa shape index (κ3) is 4.83. The molecule has 0 radical (unpaired) electrons. The fraction of sp³-hybridized carbons (Fsp3) is 0.350. The lowest BCUT2D eigenvalue weighted by Gasteiger charge is -2.21. The Hall–Kier alpha value is -2.32. The number of benzene rings is 1. The Morgan fingerprint density at radius 3 is 2.96 bits per heavy atom. The van der Waals surface area contributed by atoms with Gasteiger partial charge in [-0.2, -0.15) is 5.26 Å². The van der Waals surface area contributed by atoms with Gasteiger partial charge >= 0.3 is 0 Å². The number of rotatable bonds is 7. The van der Waals surface area contributed by atoms with Crippen LogP contribution in [0.3, 0.4) is 0 Å². The normalized spacial score (nSPS) is 12.4. The second-order valence-corrected chi connectivity index (χ2v) is 7.21. The second-order valence-electron chi connectivity index (χ2n) is 6.16. The van der Waals surface area contributed by atoms with Crippen molar-refractivity contribution >= 4 is 17.7 Å². The van der Waals surface area contributed by atoms with Gasteiger partial charge in [0.25, 0.3) is 0 Å². The number of hydrogen-bond acceptors (Lipinski definition) is 4. The molecule has 4 nitrogen and oxygen atoms in total. The number of nitriles is 1. The summed E-state index contributed by atoms with van der Waals surface area (Å²) < 4.78 is 0. The molecule has 1 aromatic heterocycles. The quantitative estimate of drug-likeness (QED) is 0.715. The van der Waals surface area contributed by atoms with Crippen LogP contribution in [0.4, 0.5) is 0 Å². The van der Waals surface area contributed by atoms with Crippen molar-refractivity contribution < 1.29 is 4.79 Å². The molecule has 5 heteroatoms. The number of amides is 1. The van der Waals surface area contributed by atoms with Crippen LogP contribution in [0.25, 0.3) is 0 Å². The molecule has 3 rings (SSSR count). The Morgan fingerprint density at radius 2 is 2.16 bits per heavy atom. The van der Waals surface area contributed by atoms with E-state index in [9.17, 15) is 4.79 Å². The summed E-state index contributed by atoms with van der Waals surface area (Å²) >= 11 is 1.58. The van der Waals surface area contributed by atoms with Crippen molar-refractivity contribution in [3.8, 4) is 6.07 Å². The zero-order chi connectivity index (χ0) is 17.5. The molecule has 128 valence electrons. The fourth-order valence-corrected chi connectivity index (χ4v) is 3.93. The smallest absolute Gasteiger partial charge is 0.233 e. The first-order valence-electron chi connectivity index (χ1n) is 8.54. The van der Waals surface area contributed by atoms with Crippen LogP contribution in [0.5, 0.6) is 0 Å². The first-order chi connectivity index (χ1) is 12.3. The van der Waals surface area contributed by atoms with E-state index >= 15 is 0 Å². The number of carbonyl (C=O) groups excluding carboxylic acids is 1. The highest BCUT2D eigenvalue weighted by Crippen LogP contribution is 2.27. The van der Waals surface area contributed by atoms with Crippen LogP contribution in [0, 0.1) is 11.3 Å². The molecule has 0 bridgehead atoms. The Labute approximate surface area is 152 Å². The van der Waals surface area contributed by atoms with Crippen molar-refractivity contribution in [1.29, 1.82) is 5.26 Å². The molecule has 1 aliphatic carbocycles. The SMILES string of the molecule is N#CCCN(Cc1cccnc1)C(=O)CSc1ccc2c(c1)CCC2. The summed E-state index contributed by atoms with van der Waals surface area (Å²) in [4.78, 5) is 19.6. The van der Waals surface area contributed by atoms with Gasteiger partial charge in [-0.25, -0.2) is 0 Å². The van der Waals surface area contributed by atoms with Gasteiger partial charge in [-0.3, -0.25) is 9.78 Å². The molecule has 0 atom stereocenters. The maximum Gasteiger partial charge on any atom is 0.233 e. The predicted molar refractivity (Wildman–Crippen MR) is 99.1 cm³/mol. The highest BCUT2D eigenvalue weighted by atomic mass is 32.2. The zero-order valence-corrected chi connectivity index (χ0v) is 15.0. The van der Waals surface area contributed by atoms with Gasteiger partial charge in [-0.1, -0.05) is 12.1 Å². The van der Waals surface area contributed by atoms with Gasteiger partial charge in [0.2, 0.25) is 5.91 Å². The monoisotopic (exact) mass is 351 g/mol. The first kappa shape index (κ1) is 17.5. The molecular weight excluding hydrogens is 330 g/mol. The van der Waals surface area contributed by atoms with E-state index < -0.39 is 0 Å². The summed E-state index contributed by atoms with van der Waals surface area (Å²) in [6.07, 6.45) is 7.37. The summed E-state index contributed by atoms with van der Waals surface area (Å²) in [6, 6.07) is 12.5. The van der Waals surface area contributed by atoms with Crippen molar-refractivity contribution in [2.45, 2.75) is 37.1 Å². The number of carbonyl (C=O) groups is 1. The summed E-state index contributed by atoms with van der Waals surface area (Å²) in [5.74, 6) is 0.453. The number of aryl methyl sites for hydroxylation is 2. The average molecular weight is 351 g/mol. The van der Waals surface area contributed by atoms with Crippen molar-refractivity contribution in [2.24, 2.45) is 0 Å². The molecule has 1 aromatic carbocycles. The number of thioether (sulfide) groups is 1. The maximum absolute atomic E-state index is 12.6. The van der Waals surface area contributed by atoms with Crippen LogP contribution in [0.2, 0.25) is 0 Å². The highest BCUT2D eigenvalue weighted by molar-refractivity contribution is 8.00. The lowest BCUT2D eigenvalue weighted by Crippen LogP contribution is -2.32. The van der Waals surface area contributed by atoms with Crippen LogP contribution in [0.1, 0.15) is 29.5 Å². The Balaban J connectivity index is 1.60.